The number of hydrogen-bond acceptors (Lipinski definition) is 3. The molecular formula is C11H12ClN3O4. The zero-order valence-electron chi connectivity index (χ0n) is 9.80. The molecule has 0 heterocycles. The summed E-state index contributed by atoms with van der Waals surface area (Å²) in [5.74, 6) is -1.33. The van der Waals surface area contributed by atoms with Crippen molar-refractivity contribution >= 4 is 29.6 Å². The van der Waals surface area contributed by atoms with Gasteiger partial charge in [-0.15, -0.1) is 0 Å². The normalized spacial score (nSPS) is 9.74. The molecule has 0 aliphatic carbocycles. The van der Waals surface area contributed by atoms with Crippen molar-refractivity contribution in [1.29, 1.82) is 0 Å². The van der Waals surface area contributed by atoms with E-state index in [1.165, 1.54) is 0 Å². The third-order valence-electron chi connectivity index (χ3n) is 2.16. The maximum Gasteiger partial charge on any atom is 0.326 e. The molecule has 7 nitrogen and oxygen atoms in total. The molecular weight excluding hydrogens is 274 g/mol. The summed E-state index contributed by atoms with van der Waals surface area (Å²) in [4.78, 5) is 33.4. The summed E-state index contributed by atoms with van der Waals surface area (Å²) in [6, 6.07) is 4.67. The first kappa shape index (κ1) is 14.8. The largest absolute Gasteiger partial charge is 0.480 e. The molecule has 0 saturated heterocycles. The van der Waals surface area contributed by atoms with Gasteiger partial charge in [0.05, 0.1) is 0 Å². The number of primary amides is 1. The van der Waals surface area contributed by atoms with Crippen molar-refractivity contribution in [3.05, 3.63) is 34.9 Å². The Labute approximate surface area is 113 Å². The van der Waals surface area contributed by atoms with E-state index in [0.29, 0.717) is 9.92 Å². The molecule has 102 valence electrons. The first-order valence-corrected chi connectivity index (χ1v) is 5.59. The summed E-state index contributed by atoms with van der Waals surface area (Å²) < 4.78 is 0. The van der Waals surface area contributed by atoms with Gasteiger partial charge in [0.25, 0.3) is 0 Å². The zero-order chi connectivity index (χ0) is 14.4. The van der Waals surface area contributed by atoms with Gasteiger partial charge in [-0.3, -0.25) is 4.79 Å². The van der Waals surface area contributed by atoms with E-state index in [-0.39, 0.29) is 6.54 Å². The van der Waals surface area contributed by atoms with Crippen LogP contribution in [0, 0.1) is 0 Å². The van der Waals surface area contributed by atoms with Crippen LogP contribution in [0.1, 0.15) is 5.56 Å². The number of benzene rings is 1. The van der Waals surface area contributed by atoms with Gasteiger partial charge in [0, 0.05) is 11.6 Å². The topological polar surface area (TPSA) is 113 Å². The number of imide groups is 1. The molecule has 0 unspecified atom stereocenters. The van der Waals surface area contributed by atoms with Crippen LogP contribution >= 0.6 is 11.6 Å². The molecule has 4 N–H and O–H groups in total. The number of carboxylic acids is 1. The van der Waals surface area contributed by atoms with Crippen LogP contribution < -0.4 is 11.1 Å². The van der Waals surface area contributed by atoms with E-state index in [1.807, 2.05) is 0 Å². The number of urea groups is 2. The molecule has 0 atom stereocenters. The molecule has 4 amide bonds. The second kappa shape index (κ2) is 6.60. The van der Waals surface area contributed by atoms with Crippen molar-refractivity contribution in [2.24, 2.45) is 5.73 Å². The number of carbonyl (C=O) groups excluding carboxylic acids is 2. The molecule has 0 bridgehead atoms. The first-order chi connectivity index (χ1) is 8.90. The number of halogens is 1. The standard InChI is InChI=1S/C11H12ClN3O4/c12-8-3-1-7(2-4-8)5-14-11(19)15(10(13)18)6-9(16)17/h1-4H,5-6H2,(H2,13,18)(H,14,19)(H,16,17). The maximum atomic E-state index is 11.6. The molecule has 1 aromatic carbocycles. The van der Waals surface area contributed by atoms with Crippen LogP contribution in [-0.4, -0.2) is 34.6 Å². The Morgan fingerprint density at radius 1 is 1.26 bits per heavy atom. The van der Waals surface area contributed by atoms with Gasteiger partial charge in [-0.2, -0.15) is 0 Å². The minimum Gasteiger partial charge on any atom is -0.480 e. The highest BCUT2D eigenvalue weighted by Gasteiger charge is 2.21. The molecule has 0 aromatic heterocycles. The van der Waals surface area contributed by atoms with Crippen molar-refractivity contribution in [3.63, 3.8) is 0 Å². The molecule has 0 fully saturated rings. The Kier molecular flexibility index (Phi) is 5.13. The van der Waals surface area contributed by atoms with Gasteiger partial charge in [-0.05, 0) is 17.7 Å². The number of nitrogens with one attached hydrogen (secondary N) is 1. The van der Waals surface area contributed by atoms with Crippen LogP contribution in [0.5, 0.6) is 0 Å². The predicted molar refractivity (Wildman–Crippen MR) is 67.6 cm³/mol. The summed E-state index contributed by atoms with van der Waals surface area (Å²) in [5.41, 5.74) is 5.67. The number of rotatable bonds is 4. The molecule has 0 saturated carbocycles. The number of nitrogens with two attached hydrogens (primary N) is 1. The van der Waals surface area contributed by atoms with Gasteiger partial charge < -0.3 is 16.2 Å². The Balaban J connectivity index is 2.59. The molecule has 0 aliphatic rings. The Hall–Kier alpha value is -2.28. The van der Waals surface area contributed by atoms with E-state index in [9.17, 15) is 14.4 Å². The third kappa shape index (κ3) is 4.84. The summed E-state index contributed by atoms with van der Waals surface area (Å²) in [7, 11) is 0. The lowest BCUT2D eigenvalue weighted by Crippen LogP contribution is -2.48. The monoisotopic (exact) mass is 285 g/mol. The average Bonchev–Trinajstić information content (AvgIpc) is 2.34. The van der Waals surface area contributed by atoms with E-state index in [1.54, 1.807) is 24.3 Å². The summed E-state index contributed by atoms with van der Waals surface area (Å²) in [6.07, 6.45) is 0. The minimum absolute atomic E-state index is 0.124. The fourth-order valence-corrected chi connectivity index (χ4v) is 1.39. The minimum atomic E-state index is -1.33. The van der Waals surface area contributed by atoms with Crippen molar-refractivity contribution in [3.8, 4) is 0 Å². The Bertz CT molecular complexity index is 489. The van der Waals surface area contributed by atoms with Gasteiger partial charge in [-0.25, -0.2) is 14.5 Å². The smallest absolute Gasteiger partial charge is 0.326 e. The fourth-order valence-electron chi connectivity index (χ4n) is 1.26. The number of amides is 4. The number of aliphatic carboxylic acids is 1. The van der Waals surface area contributed by atoms with E-state index >= 15 is 0 Å². The Morgan fingerprint density at radius 3 is 2.32 bits per heavy atom. The number of hydrogen-bond donors (Lipinski definition) is 3. The third-order valence-corrected chi connectivity index (χ3v) is 2.41. The van der Waals surface area contributed by atoms with Crippen molar-refractivity contribution in [2.45, 2.75) is 6.54 Å². The zero-order valence-corrected chi connectivity index (χ0v) is 10.6. The van der Waals surface area contributed by atoms with Gasteiger partial charge in [0.15, 0.2) is 0 Å². The fraction of sp³-hybridized carbons (Fsp3) is 0.182. The van der Waals surface area contributed by atoms with Crippen LogP contribution in [-0.2, 0) is 11.3 Å². The number of nitrogens with zero attached hydrogens (tertiary/aromatic N) is 1. The number of carbonyl (C=O) groups is 3. The van der Waals surface area contributed by atoms with Crippen molar-refractivity contribution in [2.75, 3.05) is 6.54 Å². The summed E-state index contributed by atoms with van der Waals surface area (Å²) in [5, 5.41) is 11.5. The van der Waals surface area contributed by atoms with E-state index in [4.69, 9.17) is 22.4 Å². The molecule has 19 heavy (non-hydrogen) atoms. The van der Waals surface area contributed by atoms with E-state index in [2.05, 4.69) is 5.32 Å². The Morgan fingerprint density at radius 2 is 1.84 bits per heavy atom. The summed E-state index contributed by atoms with van der Waals surface area (Å²) >= 11 is 5.70. The quantitative estimate of drug-likeness (QED) is 0.766. The lowest BCUT2D eigenvalue weighted by molar-refractivity contribution is -0.137. The average molecular weight is 286 g/mol. The maximum absolute atomic E-state index is 11.6. The van der Waals surface area contributed by atoms with Crippen LogP contribution in [0.15, 0.2) is 24.3 Å². The van der Waals surface area contributed by atoms with E-state index in [0.717, 1.165) is 5.56 Å². The van der Waals surface area contributed by atoms with Crippen molar-refractivity contribution in [1.82, 2.24) is 10.2 Å². The van der Waals surface area contributed by atoms with Crippen LogP contribution in [0.25, 0.3) is 0 Å². The molecule has 8 heteroatoms. The first-order valence-electron chi connectivity index (χ1n) is 5.21. The highest BCUT2D eigenvalue weighted by atomic mass is 35.5. The molecule has 1 rings (SSSR count). The molecule has 0 radical (unpaired) electrons. The lowest BCUT2D eigenvalue weighted by Gasteiger charge is -2.16. The van der Waals surface area contributed by atoms with Crippen molar-refractivity contribution < 1.29 is 19.5 Å². The molecule has 0 aliphatic heterocycles. The molecule has 0 spiro atoms. The van der Waals surface area contributed by atoms with Gasteiger partial charge >= 0.3 is 18.0 Å². The lowest BCUT2D eigenvalue weighted by atomic mass is 10.2. The SMILES string of the molecule is NC(=O)N(CC(=O)O)C(=O)NCc1ccc(Cl)cc1. The number of carboxylic acid groups (broad SMARTS) is 1. The van der Waals surface area contributed by atoms with Crippen LogP contribution in [0.3, 0.4) is 0 Å². The highest BCUT2D eigenvalue weighted by Crippen LogP contribution is 2.09. The highest BCUT2D eigenvalue weighted by molar-refractivity contribution is 6.30. The molecule has 1 aromatic rings. The second-order valence-electron chi connectivity index (χ2n) is 3.60. The second-order valence-corrected chi connectivity index (χ2v) is 4.04. The summed E-state index contributed by atoms with van der Waals surface area (Å²) in [6.45, 7) is -0.665. The predicted octanol–water partition coefficient (Wildman–Crippen LogP) is 1.01. The van der Waals surface area contributed by atoms with Gasteiger partial charge in [-0.1, -0.05) is 23.7 Å². The van der Waals surface area contributed by atoms with Gasteiger partial charge in [0.2, 0.25) is 0 Å². The van der Waals surface area contributed by atoms with Gasteiger partial charge in [0.1, 0.15) is 6.54 Å². The van der Waals surface area contributed by atoms with Crippen LogP contribution in [0.4, 0.5) is 9.59 Å². The van der Waals surface area contributed by atoms with E-state index < -0.39 is 24.6 Å². The van der Waals surface area contributed by atoms with Crippen LogP contribution in [0.2, 0.25) is 5.02 Å².